The van der Waals surface area contributed by atoms with Gasteiger partial charge in [-0.1, -0.05) is 56.4 Å². The van der Waals surface area contributed by atoms with Gasteiger partial charge in [0.1, 0.15) is 0 Å². The Balaban J connectivity index is 1.99. The van der Waals surface area contributed by atoms with Crippen LogP contribution < -0.4 is 0 Å². The molecule has 0 fully saturated rings. The first kappa shape index (κ1) is 25.3. The minimum atomic E-state index is 0.310. The molecule has 0 unspecified atom stereocenters. The zero-order valence-electron chi connectivity index (χ0n) is 19.0. The summed E-state index contributed by atoms with van der Waals surface area (Å²) >= 11 is 0. The summed E-state index contributed by atoms with van der Waals surface area (Å²) in [7, 11) is 0. The van der Waals surface area contributed by atoms with Gasteiger partial charge in [0.05, 0.1) is 0 Å². The number of rotatable bonds is 18. The van der Waals surface area contributed by atoms with Crippen molar-refractivity contribution < 1.29 is 4.79 Å². The highest BCUT2D eigenvalue weighted by Crippen LogP contribution is 2.11. The van der Waals surface area contributed by atoms with E-state index in [0.717, 1.165) is 57.3 Å². The van der Waals surface area contributed by atoms with Crippen LogP contribution in [0.3, 0.4) is 0 Å². The van der Waals surface area contributed by atoms with Gasteiger partial charge < -0.3 is 4.90 Å². The molecule has 1 amide bonds. The Morgan fingerprint density at radius 3 is 2.31 bits per heavy atom. The average molecular weight is 406 g/mol. The molecular weight excluding hydrogens is 362 g/mol. The number of H-pyrrole nitrogens is 1. The van der Waals surface area contributed by atoms with Gasteiger partial charge in [-0.2, -0.15) is 5.21 Å². The third-order valence-corrected chi connectivity index (χ3v) is 5.28. The van der Waals surface area contributed by atoms with Crippen molar-refractivity contribution in [1.29, 1.82) is 0 Å². The van der Waals surface area contributed by atoms with Crippen LogP contribution in [0.4, 0.5) is 0 Å². The number of aryl methyl sites for hydroxylation is 1. The molecule has 6 heteroatoms. The normalized spacial score (nSPS) is 11.6. The van der Waals surface area contributed by atoms with Crippen LogP contribution in [0.25, 0.3) is 0 Å². The number of carbonyl (C=O) groups is 1. The number of tetrazole rings is 1. The van der Waals surface area contributed by atoms with E-state index in [0.29, 0.717) is 18.4 Å². The van der Waals surface area contributed by atoms with E-state index in [1.165, 1.54) is 38.5 Å². The summed E-state index contributed by atoms with van der Waals surface area (Å²) < 4.78 is 0. The van der Waals surface area contributed by atoms with Crippen LogP contribution in [-0.2, 0) is 11.2 Å². The van der Waals surface area contributed by atoms with E-state index in [1.807, 2.05) is 0 Å². The number of carbonyl (C=O) groups excluding carboxylic acids is 1. The fraction of sp³-hybridized carbons (Fsp3) is 0.826. The Morgan fingerprint density at radius 2 is 1.66 bits per heavy atom. The largest absolute Gasteiger partial charge is 0.340 e. The summed E-state index contributed by atoms with van der Waals surface area (Å²) in [6.45, 7) is 7.37. The third-order valence-electron chi connectivity index (χ3n) is 5.28. The van der Waals surface area contributed by atoms with E-state index >= 15 is 0 Å². The van der Waals surface area contributed by atoms with E-state index < -0.39 is 0 Å². The standard InChI is InChI=1S/C23H43N5O/c1-4-5-6-16-19-23(29)28(21(2)3)20-17-14-12-10-8-7-9-11-13-15-18-22-24-26-27-25-22/h8,10,21H,4-7,9,11-20H2,1-3H3,(H,24,25,26,27)/b10-8-. The van der Waals surface area contributed by atoms with Gasteiger partial charge in [0.2, 0.25) is 5.91 Å². The number of unbranched alkanes of at least 4 members (excludes halogenated alkanes) is 9. The van der Waals surface area contributed by atoms with E-state index in [1.54, 1.807) is 0 Å². The smallest absolute Gasteiger partial charge is 0.222 e. The molecule has 0 aliphatic carbocycles. The van der Waals surface area contributed by atoms with Crippen LogP contribution in [0.2, 0.25) is 0 Å². The van der Waals surface area contributed by atoms with Gasteiger partial charge in [0.25, 0.3) is 0 Å². The van der Waals surface area contributed by atoms with Gasteiger partial charge in [0, 0.05) is 25.4 Å². The number of hydrogen-bond acceptors (Lipinski definition) is 4. The fourth-order valence-electron chi connectivity index (χ4n) is 3.48. The van der Waals surface area contributed by atoms with Gasteiger partial charge in [0.15, 0.2) is 5.82 Å². The Kier molecular flexibility index (Phi) is 15.0. The second-order valence-electron chi connectivity index (χ2n) is 8.24. The number of aromatic amines is 1. The molecule has 166 valence electrons. The molecule has 0 atom stereocenters. The topological polar surface area (TPSA) is 74.8 Å². The maximum Gasteiger partial charge on any atom is 0.222 e. The quantitative estimate of drug-likeness (QED) is 0.254. The average Bonchev–Trinajstić information content (AvgIpc) is 3.22. The maximum atomic E-state index is 12.4. The van der Waals surface area contributed by atoms with Crippen molar-refractivity contribution in [2.75, 3.05) is 6.54 Å². The first-order chi connectivity index (χ1) is 14.1. The summed E-state index contributed by atoms with van der Waals surface area (Å²) in [6, 6.07) is 0.310. The van der Waals surface area contributed by atoms with Crippen LogP contribution in [-0.4, -0.2) is 44.0 Å². The first-order valence-electron chi connectivity index (χ1n) is 11.8. The van der Waals surface area contributed by atoms with Gasteiger partial charge in [-0.3, -0.25) is 4.79 Å². The van der Waals surface area contributed by atoms with E-state index in [4.69, 9.17) is 0 Å². The molecule has 0 saturated carbocycles. The maximum absolute atomic E-state index is 12.4. The van der Waals surface area contributed by atoms with Gasteiger partial charge in [-0.15, -0.1) is 10.2 Å². The predicted octanol–water partition coefficient (Wildman–Crippen LogP) is 5.63. The summed E-state index contributed by atoms with van der Waals surface area (Å²) in [5.41, 5.74) is 0. The number of aromatic nitrogens is 4. The van der Waals surface area contributed by atoms with Crippen molar-refractivity contribution >= 4 is 5.91 Å². The molecule has 0 aliphatic rings. The number of nitrogens with one attached hydrogen (secondary N) is 1. The molecule has 0 bridgehead atoms. The predicted molar refractivity (Wildman–Crippen MR) is 120 cm³/mol. The molecule has 1 rings (SSSR count). The molecule has 0 radical (unpaired) electrons. The summed E-state index contributed by atoms with van der Waals surface area (Å²) in [6.07, 6.45) is 20.3. The molecule has 0 spiro atoms. The van der Waals surface area contributed by atoms with Gasteiger partial charge >= 0.3 is 0 Å². The second-order valence-corrected chi connectivity index (χ2v) is 8.24. The molecule has 1 N–H and O–H groups in total. The highest BCUT2D eigenvalue weighted by atomic mass is 16.2. The lowest BCUT2D eigenvalue weighted by molar-refractivity contribution is -0.133. The fourth-order valence-corrected chi connectivity index (χ4v) is 3.48. The number of allylic oxidation sites excluding steroid dienone is 2. The lowest BCUT2D eigenvalue weighted by atomic mass is 10.1. The zero-order valence-corrected chi connectivity index (χ0v) is 19.0. The Bertz CT molecular complexity index is 527. The molecule has 0 saturated heterocycles. The lowest BCUT2D eigenvalue weighted by Gasteiger charge is -2.27. The van der Waals surface area contributed by atoms with Crippen molar-refractivity contribution in [3.05, 3.63) is 18.0 Å². The third kappa shape index (κ3) is 13.2. The highest BCUT2D eigenvalue weighted by molar-refractivity contribution is 5.76. The van der Waals surface area contributed by atoms with Crippen LogP contribution in [0.1, 0.15) is 110 Å². The summed E-state index contributed by atoms with van der Waals surface area (Å²) in [4.78, 5) is 14.5. The Labute approximate surface area is 177 Å². The first-order valence-corrected chi connectivity index (χ1v) is 11.8. The monoisotopic (exact) mass is 405 g/mol. The van der Waals surface area contributed by atoms with Crippen molar-refractivity contribution in [2.24, 2.45) is 0 Å². The minimum absolute atomic E-state index is 0.310. The molecule has 1 aromatic heterocycles. The SMILES string of the molecule is CCCCCCC(=O)N(CCCC/C=C\CCCCCCc1nn[nH]n1)C(C)C. The zero-order chi connectivity index (χ0) is 21.2. The molecule has 1 heterocycles. The molecule has 1 aromatic rings. The molecule has 0 aromatic carbocycles. The molecule has 6 nitrogen and oxygen atoms in total. The van der Waals surface area contributed by atoms with E-state index in [2.05, 4.69) is 58.4 Å². The lowest BCUT2D eigenvalue weighted by Crippen LogP contribution is -2.37. The molecule has 29 heavy (non-hydrogen) atoms. The number of amides is 1. The number of nitrogens with zero attached hydrogens (tertiary/aromatic N) is 4. The minimum Gasteiger partial charge on any atom is -0.340 e. The summed E-state index contributed by atoms with van der Waals surface area (Å²) in [5.74, 6) is 1.16. The van der Waals surface area contributed by atoms with Gasteiger partial charge in [-0.25, -0.2) is 0 Å². The molecular formula is C23H43N5O. The Morgan fingerprint density at radius 1 is 0.966 bits per heavy atom. The van der Waals surface area contributed by atoms with Crippen LogP contribution in [0.15, 0.2) is 12.2 Å². The Hall–Kier alpha value is -1.72. The second kappa shape index (κ2) is 17.2. The highest BCUT2D eigenvalue weighted by Gasteiger charge is 2.15. The molecule has 0 aliphatic heterocycles. The van der Waals surface area contributed by atoms with Crippen molar-refractivity contribution in [2.45, 2.75) is 117 Å². The van der Waals surface area contributed by atoms with Gasteiger partial charge in [-0.05, 0) is 58.8 Å². The van der Waals surface area contributed by atoms with Crippen LogP contribution >= 0.6 is 0 Å². The van der Waals surface area contributed by atoms with Crippen LogP contribution in [0.5, 0.6) is 0 Å². The van der Waals surface area contributed by atoms with Crippen LogP contribution in [0, 0.1) is 0 Å². The van der Waals surface area contributed by atoms with Crippen molar-refractivity contribution in [1.82, 2.24) is 25.5 Å². The van der Waals surface area contributed by atoms with E-state index in [9.17, 15) is 4.79 Å². The summed E-state index contributed by atoms with van der Waals surface area (Å²) in [5, 5.41) is 14.0. The van der Waals surface area contributed by atoms with Crippen molar-refractivity contribution in [3.8, 4) is 0 Å². The van der Waals surface area contributed by atoms with E-state index in [-0.39, 0.29) is 0 Å². The van der Waals surface area contributed by atoms with Crippen molar-refractivity contribution in [3.63, 3.8) is 0 Å². The number of hydrogen-bond donors (Lipinski definition) is 1.